The maximum absolute atomic E-state index is 5.41. The van der Waals surface area contributed by atoms with Crippen molar-refractivity contribution in [2.24, 2.45) is 0 Å². The number of benzene rings is 1. The second kappa shape index (κ2) is 1.87. The van der Waals surface area contributed by atoms with Crippen LogP contribution in [-0.2, 0) is 11.2 Å². The van der Waals surface area contributed by atoms with Crippen LogP contribution in [0.2, 0.25) is 0 Å². The van der Waals surface area contributed by atoms with Gasteiger partial charge in [0.25, 0.3) is 0 Å². The lowest BCUT2D eigenvalue weighted by Gasteiger charge is -2.02. The molecule has 1 aromatic carbocycles. The number of hydrogen-bond donors (Lipinski definition) is 0. The maximum atomic E-state index is 5.41. The van der Waals surface area contributed by atoms with E-state index in [1.807, 2.05) is 0 Å². The van der Waals surface area contributed by atoms with Crippen molar-refractivity contribution in [1.82, 2.24) is 0 Å². The van der Waals surface area contributed by atoms with Crippen LogP contribution in [0.5, 0.6) is 0 Å². The van der Waals surface area contributed by atoms with Gasteiger partial charge in [0.15, 0.2) is 0 Å². The van der Waals surface area contributed by atoms with E-state index in [-0.39, 0.29) is 0 Å². The average molecular weight is 211 g/mol. The summed E-state index contributed by atoms with van der Waals surface area (Å²) in [6.07, 6.45) is 2.03. The zero-order chi connectivity index (χ0) is 7.42. The zero-order valence-corrected chi connectivity index (χ0v) is 7.47. The first-order valence-electron chi connectivity index (χ1n) is 3.79. The van der Waals surface area contributed by atoms with E-state index >= 15 is 0 Å². The maximum Gasteiger partial charge on any atom is 0.110 e. The molecule has 0 spiro atoms. The van der Waals surface area contributed by atoms with Gasteiger partial charge in [-0.15, -0.1) is 0 Å². The van der Waals surface area contributed by atoms with Crippen molar-refractivity contribution in [3.63, 3.8) is 0 Å². The smallest absolute Gasteiger partial charge is 0.110 e. The zero-order valence-electron chi connectivity index (χ0n) is 5.88. The third kappa shape index (κ3) is 0.741. The standard InChI is InChI=1S/C9H7BrO/c10-7-3-1-2-5-6(7)4-8-9(5)11-8/h1-3,8-9H,4H2/t8?,9-/m1/s1. The monoisotopic (exact) mass is 210 g/mol. The van der Waals surface area contributed by atoms with E-state index < -0.39 is 0 Å². The van der Waals surface area contributed by atoms with Crippen molar-refractivity contribution in [2.45, 2.75) is 18.6 Å². The molecule has 1 aliphatic heterocycles. The van der Waals surface area contributed by atoms with Gasteiger partial charge in [-0.05, 0) is 17.2 Å². The summed E-state index contributed by atoms with van der Waals surface area (Å²) in [6.45, 7) is 0. The molecule has 1 unspecified atom stereocenters. The summed E-state index contributed by atoms with van der Waals surface area (Å²) in [6, 6.07) is 6.34. The lowest BCUT2D eigenvalue weighted by atomic mass is 10.1. The molecule has 11 heavy (non-hydrogen) atoms. The fourth-order valence-electron chi connectivity index (χ4n) is 1.83. The van der Waals surface area contributed by atoms with Crippen LogP contribution in [0.4, 0.5) is 0 Å². The molecule has 3 rings (SSSR count). The van der Waals surface area contributed by atoms with E-state index in [1.165, 1.54) is 15.6 Å². The lowest BCUT2D eigenvalue weighted by Crippen LogP contribution is -1.89. The van der Waals surface area contributed by atoms with Gasteiger partial charge in [0.05, 0.1) is 6.10 Å². The molecule has 2 atom stereocenters. The molecule has 0 bridgehead atoms. The Morgan fingerprint density at radius 2 is 2.36 bits per heavy atom. The summed E-state index contributed by atoms with van der Waals surface area (Å²) < 4.78 is 6.65. The summed E-state index contributed by atoms with van der Waals surface area (Å²) in [5.74, 6) is 0. The fourth-order valence-corrected chi connectivity index (χ4v) is 2.37. The summed E-state index contributed by atoms with van der Waals surface area (Å²) in [5, 5.41) is 0. The quantitative estimate of drug-likeness (QED) is 0.600. The molecule has 1 saturated heterocycles. The van der Waals surface area contributed by atoms with Crippen LogP contribution in [-0.4, -0.2) is 6.10 Å². The largest absolute Gasteiger partial charge is 0.364 e. The predicted molar refractivity (Wildman–Crippen MR) is 45.5 cm³/mol. The predicted octanol–water partition coefficient (Wildman–Crippen LogP) is 2.45. The Kier molecular flexibility index (Phi) is 1.06. The highest BCUT2D eigenvalue weighted by Gasteiger charge is 2.47. The summed E-state index contributed by atoms with van der Waals surface area (Å²) in [7, 11) is 0. The van der Waals surface area contributed by atoms with Crippen molar-refractivity contribution in [1.29, 1.82) is 0 Å². The van der Waals surface area contributed by atoms with E-state index in [0.29, 0.717) is 12.2 Å². The van der Waals surface area contributed by atoms with Gasteiger partial charge >= 0.3 is 0 Å². The Balaban J connectivity index is 2.24. The molecule has 0 radical (unpaired) electrons. The molecule has 1 aliphatic carbocycles. The first-order valence-corrected chi connectivity index (χ1v) is 4.58. The molecular formula is C9H7BrO. The Labute approximate surface area is 73.5 Å². The molecule has 0 amide bonds. The SMILES string of the molecule is Brc1cccc2c1CC1O[C@H]21. The number of rotatable bonds is 0. The van der Waals surface area contributed by atoms with Gasteiger partial charge < -0.3 is 4.74 Å². The van der Waals surface area contributed by atoms with Crippen molar-refractivity contribution >= 4 is 15.9 Å². The number of fused-ring (bicyclic) bond motifs is 3. The van der Waals surface area contributed by atoms with Crippen molar-refractivity contribution in [2.75, 3.05) is 0 Å². The molecule has 0 N–H and O–H groups in total. The highest BCUT2D eigenvalue weighted by Crippen LogP contribution is 2.50. The number of epoxide rings is 1. The molecule has 56 valence electrons. The number of hydrogen-bond acceptors (Lipinski definition) is 1. The topological polar surface area (TPSA) is 12.5 Å². The lowest BCUT2D eigenvalue weighted by molar-refractivity contribution is 0.360. The second-order valence-electron chi connectivity index (χ2n) is 3.11. The van der Waals surface area contributed by atoms with Gasteiger partial charge in [0, 0.05) is 10.9 Å². The van der Waals surface area contributed by atoms with Crippen LogP contribution >= 0.6 is 15.9 Å². The van der Waals surface area contributed by atoms with E-state index in [9.17, 15) is 0 Å². The number of halogens is 1. The average Bonchev–Trinajstić information content (AvgIpc) is 2.67. The molecule has 1 aromatic rings. The minimum atomic E-state index is 0.433. The third-order valence-electron chi connectivity index (χ3n) is 2.45. The van der Waals surface area contributed by atoms with Crippen LogP contribution in [0.3, 0.4) is 0 Å². The first-order chi connectivity index (χ1) is 5.36. The molecule has 1 fully saturated rings. The first kappa shape index (κ1) is 6.21. The molecule has 2 heteroatoms. The van der Waals surface area contributed by atoms with Crippen molar-refractivity contribution in [3.05, 3.63) is 33.8 Å². The molecule has 1 heterocycles. The van der Waals surface area contributed by atoms with Crippen LogP contribution < -0.4 is 0 Å². The van der Waals surface area contributed by atoms with Crippen LogP contribution in [0, 0.1) is 0 Å². The molecule has 0 aromatic heterocycles. The Bertz CT molecular complexity index is 321. The highest BCUT2D eigenvalue weighted by molar-refractivity contribution is 9.10. The summed E-state index contributed by atoms with van der Waals surface area (Å²) >= 11 is 3.54. The molecule has 1 nitrogen and oxygen atoms in total. The van der Waals surface area contributed by atoms with Gasteiger partial charge in [-0.25, -0.2) is 0 Å². The van der Waals surface area contributed by atoms with Gasteiger partial charge in [-0.1, -0.05) is 28.1 Å². The summed E-state index contributed by atoms with van der Waals surface area (Å²) in [5.41, 5.74) is 2.85. The highest BCUT2D eigenvalue weighted by atomic mass is 79.9. The van der Waals surface area contributed by atoms with Crippen LogP contribution in [0.25, 0.3) is 0 Å². The van der Waals surface area contributed by atoms with E-state index in [2.05, 4.69) is 34.1 Å². The second-order valence-corrected chi connectivity index (χ2v) is 3.96. The van der Waals surface area contributed by atoms with E-state index in [4.69, 9.17) is 4.74 Å². The van der Waals surface area contributed by atoms with Crippen LogP contribution in [0.15, 0.2) is 22.7 Å². The Morgan fingerprint density at radius 1 is 1.45 bits per heavy atom. The van der Waals surface area contributed by atoms with Gasteiger partial charge in [-0.2, -0.15) is 0 Å². The Hall–Kier alpha value is -0.340. The van der Waals surface area contributed by atoms with Crippen LogP contribution in [0.1, 0.15) is 17.2 Å². The summed E-state index contributed by atoms with van der Waals surface area (Å²) in [4.78, 5) is 0. The van der Waals surface area contributed by atoms with E-state index in [1.54, 1.807) is 0 Å². The molecule has 2 aliphatic rings. The van der Waals surface area contributed by atoms with Gasteiger partial charge in [0.1, 0.15) is 6.10 Å². The Morgan fingerprint density at radius 3 is 3.18 bits per heavy atom. The third-order valence-corrected chi connectivity index (χ3v) is 3.19. The van der Waals surface area contributed by atoms with E-state index in [0.717, 1.165) is 6.42 Å². The molecular weight excluding hydrogens is 204 g/mol. The minimum Gasteiger partial charge on any atom is -0.364 e. The number of ether oxygens (including phenoxy) is 1. The van der Waals surface area contributed by atoms with Crippen molar-refractivity contribution in [3.8, 4) is 0 Å². The van der Waals surface area contributed by atoms with Gasteiger partial charge in [0.2, 0.25) is 0 Å². The van der Waals surface area contributed by atoms with Gasteiger partial charge in [-0.3, -0.25) is 0 Å². The fraction of sp³-hybridized carbons (Fsp3) is 0.333. The van der Waals surface area contributed by atoms with Crippen molar-refractivity contribution < 1.29 is 4.74 Å². The normalized spacial score (nSPS) is 31.4. The molecule has 0 saturated carbocycles. The minimum absolute atomic E-state index is 0.433.